The molecular weight excluding hydrogens is 244 g/mol. The molecule has 1 atom stereocenters. The van der Waals surface area contributed by atoms with Gasteiger partial charge in [0.15, 0.2) is 0 Å². The molecule has 0 radical (unpaired) electrons. The van der Waals surface area contributed by atoms with E-state index in [-0.39, 0.29) is 17.5 Å². The van der Waals surface area contributed by atoms with Gasteiger partial charge in [-0.25, -0.2) is 4.79 Å². The van der Waals surface area contributed by atoms with Crippen molar-refractivity contribution in [2.45, 2.75) is 13.3 Å². The van der Waals surface area contributed by atoms with E-state index in [1.165, 1.54) is 0 Å². The lowest BCUT2D eigenvalue weighted by Crippen LogP contribution is -2.29. The number of amides is 1. The van der Waals surface area contributed by atoms with Crippen LogP contribution in [0.15, 0.2) is 23.0 Å². The van der Waals surface area contributed by atoms with Gasteiger partial charge in [-0.05, 0) is 30.7 Å². The summed E-state index contributed by atoms with van der Waals surface area (Å²) in [6.07, 6.45) is 0.411. The van der Waals surface area contributed by atoms with Crippen LogP contribution >= 0.6 is 0 Å². The van der Waals surface area contributed by atoms with Gasteiger partial charge in [0, 0.05) is 19.2 Å². The molecule has 0 bridgehead atoms. The molecule has 0 spiro atoms. The molecule has 0 aliphatic carbocycles. The summed E-state index contributed by atoms with van der Waals surface area (Å²) in [5, 5.41) is 0. The highest BCUT2D eigenvalue weighted by Gasteiger charge is 2.14. The van der Waals surface area contributed by atoms with Crippen molar-refractivity contribution < 1.29 is 4.79 Å². The Labute approximate surface area is 110 Å². The SMILES string of the molecule is CC(CN)CC(=O)N(C)c1ccc2[nH]c(=O)[nH]c2c1. The van der Waals surface area contributed by atoms with Crippen LogP contribution < -0.4 is 16.3 Å². The summed E-state index contributed by atoms with van der Waals surface area (Å²) in [4.78, 5) is 30.1. The molecule has 0 saturated heterocycles. The molecule has 1 amide bonds. The third kappa shape index (κ3) is 2.85. The molecule has 1 aromatic heterocycles. The fraction of sp³-hybridized carbons (Fsp3) is 0.385. The van der Waals surface area contributed by atoms with Gasteiger partial charge in [-0.15, -0.1) is 0 Å². The van der Waals surface area contributed by atoms with E-state index < -0.39 is 0 Å². The van der Waals surface area contributed by atoms with Gasteiger partial charge >= 0.3 is 5.69 Å². The van der Waals surface area contributed by atoms with Crippen molar-refractivity contribution in [1.29, 1.82) is 0 Å². The molecule has 0 saturated carbocycles. The van der Waals surface area contributed by atoms with Crippen molar-refractivity contribution in [1.82, 2.24) is 9.97 Å². The molecule has 6 nitrogen and oxygen atoms in total. The standard InChI is InChI=1S/C13H18N4O2/c1-8(7-14)5-12(18)17(2)9-3-4-10-11(6-9)16-13(19)15-10/h3-4,6,8H,5,7,14H2,1-2H3,(H2,15,16,19). The first-order chi connectivity index (χ1) is 9.01. The maximum Gasteiger partial charge on any atom is 0.323 e. The number of fused-ring (bicyclic) bond motifs is 1. The minimum absolute atomic E-state index is 0.00943. The maximum atomic E-state index is 12.0. The van der Waals surface area contributed by atoms with E-state index in [9.17, 15) is 9.59 Å². The first-order valence-electron chi connectivity index (χ1n) is 6.20. The van der Waals surface area contributed by atoms with Crippen LogP contribution in [0.2, 0.25) is 0 Å². The molecule has 1 heterocycles. The lowest BCUT2D eigenvalue weighted by atomic mass is 10.1. The molecule has 6 heteroatoms. The molecule has 2 aromatic rings. The second kappa shape index (κ2) is 5.27. The average molecular weight is 262 g/mol. The third-order valence-electron chi connectivity index (χ3n) is 3.19. The topological polar surface area (TPSA) is 95.0 Å². The van der Waals surface area contributed by atoms with E-state index >= 15 is 0 Å². The van der Waals surface area contributed by atoms with Crippen LogP contribution in [0.5, 0.6) is 0 Å². The number of nitrogens with two attached hydrogens (primary N) is 1. The zero-order valence-electron chi connectivity index (χ0n) is 11.1. The Morgan fingerprint density at radius 1 is 1.37 bits per heavy atom. The Hall–Kier alpha value is -2.08. The number of H-pyrrole nitrogens is 2. The number of nitrogens with one attached hydrogen (secondary N) is 2. The predicted octanol–water partition coefficient (Wildman–Crippen LogP) is 0.804. The van der Waals surface area contributed by atoms with Crippen LogP contribution in [0.3, 0.4) is 0 Å². The summed E-state index contributed by atoms with van der Waals surface area (Å²) in [6, 6.07) is 5.36. The number of carbonyl (C=O) groups excluding carboxylic acids is 1. The van der Waals surface area contributed by atoms with E-state index in [0.717, 1.165) is 11.2 Å². The lowest BCUT2D eigenvalue weighted by molar-refractivity contribution is -0.119. The smallest absolute Gasteiger partial charge is 0.323 e. The quantitative estimate of drug-likeness (QED) is 0.760. The molecule has 1 unspecified atom stereocenters. The normalized spacial score (nSPS) is 12.6. The Kier molecular flexibility index (Phi) is 3.71. The maximum absolute atomic E-state index is 12.0. The Morgan fingerprint density at radius 2 is 2.05 bits per heavy atom. The predicted molar refractivity (Wildman–Crippen MR) is 75.2 cm³/mol. The number of aromatic amines is 2. The zero-order valence-corrected chi connectivity index (χ0v) is 11.1. The number of nitrogens with zero attached hydrogens (tertiary/aromatic N) is 1. The number of hydrogen-bond acceptors (Lipinski definition) is 3. The van der Waals surface area contributed by atoms with E-state index in [1.54, 1.807) is 30.1 Å². The van der Waals surface area contributed by atoms with E-state index in [4.69, 9.17) is 5.73 Å². The van der Waals surface area contributed by atoms with Gasteiger partial charge in [-0.2, -0.15) is 0 Å². The monoisotopic (exact) mass is 262 g/mol. The first-order valence-corrected chi connectivity index (χ1v) is 6.20. The van der Waals surface area contributed by atoms with Crippen LogP contribution in [-0.2, 0) is 4.79 Å². The summed E-state index contributed by atoms with van der Waals surface area (Å²) in [5.74, 6) is 0.168. The molecule has 0 aliphatic heterocycles. The third-order valence-corrected chi connectivity index (χ3v) is 3.19. The van der Waals surface area contributed by atoms with Gasteiger partial charge in [0.2, 0.25) is 5.91 Å². The summed E-state index contributed by atoms with van der Waals surface area (Å²) >= 11 is 0. The summed E-state index contributed by atoms with van der Waals surface area (Å²) in [7, 11) is 1.72. The Balaban J connectivity index is 2.23. The minimum Gasteiger partial charge on any atom is -0.330 e. The molecule has 4 N–H and O–H groups in total. The van der Waals surface area contributed by atoms with Crippen LogP contribution in [0.25, 0.3) is 11.0 Å². The minimum atomic E-state index is -0.252. The highest BCUT2D eigenvalue weighted by atomic mass is 16.2. The van der Waals surface area contributed by atoms with Gasteiger partial charge in [0.05, 0.1) is 11.0 Å². The highest BCUT2D eigenvalue weighted by molar-refractivity contribution is 5.94. The van der Waals surface area contributed by atoms with E-state index in [2.05, 4.69) is 9.97 Å². The van der Waals surface area contributed by atoms with Crippen molar-refractivity contribution in [2.75, 3.05) is 18.5 Å². The number of rotatable bonds is 4. The van der Waals surface area contributed by atoms with Gasteiger partial charge in [0.25, 0.3) is 0 Å². The Bertz CT molecular complexity index is 643. The van der Waals surface area contributed by atoms with Gasteiger partial charge in [-0.3, -0.25) is 4.79 Å². The van der Waals surface area contributed by atoms with Gasteiger partial charge in [-0.1, -0.05) is 6.92 Å². The van der Waals surface area contributed by atoms with Crippen molar-refractivity contribution >= 4 is 22.6 Å². The second-order valence-electron chi connectivity index (χ2n) is 4.81. The molecule has 2 rings (SSSR count). The molecule has 0 aliphatic rings. The number of imidazole rings is 1. The lowest BCUT2D eigenvalue weighted by Gasteiger charge is -2.19. The largest absolute Gasteiger partial charge is 0.330 e. The number of carbonyl (C=O) groups is 1. The zero-order chi connectivity index (χ0) is 14.0. The molecule has 19 heavy (non-hydrogen) atoms. The Morgan fingerprint density at radius 3 is 2.74 bits per heavy atom. The molecular formula is C13H18N4O2. The van der Waals surface area contributed by atoms with Crippen molar-refractivity contribution in [2.24, 2.45) is 11.7 Å². The van der Waals surface area contributed by atoms with E-state index in [0.29, 0.717) is 18.5 Å². The fourth-order valence-electron chi connectivity index (χ4n) is 1.89. The first kappa shape index (κ1) is 13.4. The van der Waals surface area contributed by atoms with E-state index in [1.807, 2.05) is 6.92 Å². The number of aromatic nitrogens is 2. The van der Waals surface area contributed by atoms with Crippen molar-refractivity contribution in [3.63, 3.8) is 0 Å². The van der Waals surface area contributed by atoms with Crippen molar-refractivity contribution in [3.05, 3.63) is 28.7 Å². The second-order valence-corrected chi connectivity index (χ2v) is 4.81. The van der Waals surface area contributed by atoms with Crippen LogP contribution in [0, 0.1) is 5.92 Å². The molecule has 0 fully saturated rings. The highest BCUT2D eigenvalue weighted by Crippen LogP contribution is 2.19. The number of benzene rings is 1. The number of hydrogen-bond donors (Lipinski definition) is 3. The fourth-order valence-corrected chi connectivity index (χ4v) is 1.89. The summed E-state index contributed by atoms with van der Waals surface area (Å²) in [6.45, 7) is 2.43. The van der Waals surface area contributed by atoms with Crippen molar-refractivity contribution in [3.8, 4) is 0 Å². The van der Waals surface area contributed by atoms with Crippen LogP contribution in [0.4, 0.5) is 5.69 Å². The van der Waals surface area contributed by atoms with Crippen LogP contribution in [-0.4, -0.2) is 29.5 Å². The van der Waals surface area contributed by atoms with Gasteiger partial charge < -0.3 is 20.6 Å². The summed E-state index contributed by atoms with van der Waals surface area (Å²) < 4.78 is 0. The molecule has 1 aromatic carbocycles. The average Bonchev–Trinajstić information content (AvgIpc) is 2.76. The molecule has 102 valence electrons. The number of anilines is 1. The summed E-state index contributed by atoms with van der Waals surface area (Å²) in [5.41, 5.74) is 7.43. The van der Waals surface area contributed by atoms with Crippen LogP contribution in [0.1, 0.15) is 13.3 Å². The van der Waals surface area contributed by atoms with Gasteiger partial charge in [0.1, 0.15) is 0 Å².